The smallest absolute Gasteiger partial charge is 0.0931 e. The van der Waals surface area contributed by atoms with Gasteiger partial charge in [0, 0.05) is 16.8 Å². The molecule has 0 aliphatic heterocycles. The van der Waals surface area contributed by atoms with E-state index in [2.05, 4.69) is 13.0 Å². The van der Waals surface area contributed by atoms with Gasteiger partial charge >= 0.3 is 0 Å². The van der Waals surface area contributed by atoms with E-state index in [4.69, 9.17) is 17.3 Å². The molecule has 13 heavy (non-hydrogen) atoms. The first kappa shape index (κ1) is 9.50. The lowest BCUT2D eigenvalue weighted by atomic mass is 9.83. The molecule has 1 heterocycles. The fourth-order valence-corrected chi connectivity index (χ4v) is 3.09. The van der Waals surface area contributed by atoms with Crippen LogP contribution >= 0.6 is 22.9 Å². The SMILES string of the molecule is CC(CN)(c1ccc(Cl)s1)C1CC1. The van der Waals surface area contributed by atoms with Crippen molar-refractivity contribution in [2.45, 2.75) is 25.2 Å². The van der Waals surface area contributed by atoms with E-state index in [1.165, 1.54) is 17.7 Å². The molecule has 1 unspecified atom stereocenters. The summed E-state index contributed by atoms with van der Waals surface area (Å²) in [6, 6.07) is 4.09. The van der Waals surface area contributed by atoms with E-state index in [1.807, 2.05) is 6.07 Å². The van der Waals surface area contributed by atoms with Crippen LogP contribution in [0.1, 0.15) is 24.6 Å². The second kappa shape index (κ2) is 3.26. The van der Waals surface area contributed by atoms with Crippen molar-refractivity contribution >= 4 is 22.9 Å². The summed E-state index contributed by atoms with van der Waals surface area (Å²) >= 11 is 7.60. The lowest BCUT2D eigenvalue weighted by Crippen LogP contribution is -2.33. The summed E-state index contributed by atoms with van der Waals surface area (Å²) in [5, 5.41) is 0. The second-order valence-corrected chi connectivity index (χ2v) is 5.71. The van der Waals surface area contributed by atoms with Crippen molar-refractivity contribution in [3.63, 3.8) is 0 Å². The molecule has 1 aromatic heterocycles. The van der Waals surface area contributed by atoms with Gasteiger partial charge in [0.05, 0.1) is 4.34 Å². The van der Waals surface area contributed by atoms with Crippen LogP contribution in [0.4, 0.5) is 0 Å². The molecule has 1 aliphatic rings. The fourth-order valence-electron chi connectivity index (χ4n) is 1.81. The number of hydrogen-bond acceptors (Lipinski definition) is 2. The first-order valence-corrected chi connectivity index (χ1v) is 5.82. The Balaban J connectivity index is 2.29. The molecule has 72 valence electrons. The van der Waals surface area contributed by atoms with Gasteiger partial charge in [-0.05, 0) is 30.9 Å². The quantitative estimate of drug-likeness (QED) is 0.824. The minimum Gasteiger partial charge on any atom is -0.330 e. The molecule has 0 radical (unpaired) electrons. The van der Waals surface area contributed by atoms with Crippen LogP contribution in [0.5, 0.6) is 0 Å². The summed E-state index contributed by atoms with van der Waals surface area (Å²) in [4.78, 5) is 1.35. The Morgan fingerprint density at radius 1 is 1.62 bits per heavy atom. The third-order valence-corrected chi connectivity index (χ3v) is 4.55. The Morgan fingerprint density at radius 3 is 2.69 bits per heavy atom. The Labute approximate surface area is 87.9 Å². The van der Waals surface area contributed by atoms with Crippen LogP contribution < -0.4 is 5.73 Å². The van der Waals surface area contributed by atoms with E-state index in [0.29, 0.717) is 0 Å². The summed E-state index contributed by atoms with van der Waals surface area (Å²) in [5.74, 6) is 0.784. The molecule has 0 spiro atoms. The standard InChI is InChI=1S/C10H14ClNS/c1-10(6-12,7-2-3-7)8-4-5-9(11)13-8/h4-5,7H,2-3,6,12H2,1H3. The van der Waals surface area contributed by atoms with Gasteiger partial charge in [0.25, 0.3) is 0 Å². The minimum absolute atomic E-state index is 0.178. The van der Waals surface area contributed by atoms with E-state index in [0.717, 1.165) is 16.8 Å². The molecule has 0 saturated heterocycles. The van der Waals surface area contributed by atoms with Crippen LogP contribution in [0.15, 0.2) is 12.1 Å². The minimum atomic E-state index is 0.178. The summed E-state index contributed by atoms with van der Waals surface area (Å²) < 4.78 is 0.871. The largest absolute Gasteiger partial charge is 0.330 e. The highest BCUT2D eigenvalue weighted by molar-refractivity contribution is 7.16. The summed E-state index contributed by atoms with van der Waals surface area (Å²) in [5.41, 5.74) is 6.03. The van der Waals surface area contributed by atoms with Crippen LogP contribution in [-0.4, -0.2) is 6.54 Å². The summed E-state index contributed by atoms with van der Waals surface area (Å²) in [7, 11) is 0. The highest BCUT2D eigenvalue weighted by atomic mass is 35.5. The van der Waals surface area contributed by atoms with Crippen molar-refractivity contribution in [2.75, 3.05) is 6.54 Å². The molecule has 1 aromatic rings. The van der Waals surface area contributed by atoms with E-state index in [-0.39, 0.29) is 5.41 Å². The van der Waals surface area contributed by atoms with Crippen molar-refractivity contribution in [2.24, 2.45) is 11.7 Å². The Kier molecular flexibility index (Phi) is 2.39. The molecule has 0 aromatic carbocycles. The Morgan fingerprint density at radius 2 is 2.31 bits per heavy atom. The van der Waals surface area contributed by atoms with Gasteiger partial charge in [-0.3, -0.25) is 0 Å². The van der Waals surface area contributed by atoms with Crippen molar-refractivity contribution in [3.8, 4) is 0 Å². The van der Waals surface area contributed by atoms with Gasteiger partial charge in [0.15, 0.2) is 0 Å². The van der Waals surface area contributed by atoms with Gasteiger partial charge in [0.2, 0.25) is 0 Å². The molecular weight excluding hydrogens is 202 g/mol. The van der Waals surface area contributed by atoms with Crippen molar-refractivity contribution in [1.29, 1.82) is 0 Å². The third kappa shape index (κ3) is 1.63. The van der Waals surface area contributed by atoms with E-state index in [1.54, 1.807) is 11.3 Å². The van der Waals surface area contributed by atoms with Crippen LogP contribution in [0, 0.1) is 5.92 Å². The fraction of sp³-hybridized carbons (Fsp3) is 0.600. The zero-order chi connectivity index (χ0) is 9.47. The molecule has 0 bridgehead atoms. The van der Waals surface area contributed by atoms with E-state index >= 15 is 0 Å². The topological polar surface area (TPSA) is 26.0 Å². The lowest BCUT2D eigenvalue weighted by molar-refractivity contribution is 0.429. The molecule has 2 rings (SSSR count). The van der Waals surface area contributed by atoms with Gasteiger partial charge in [-0.15, -0.1) is 11.3 Å². The molecule has 3 heteroatoms. The van der Waals surface area contributed by atoms with Gasteiger partial charge in [-0.2, -0.15) is 0 Å². The van der Waals surface area contributed by atoms with E-state index < -0.39 is 0 Å². The Bertz CT molecular complexity index is 306. The molecule has 1 nitrogen and oxygen atoms in total. The molecular formula is C10H14ClNS. The maximum atomic E-state index is 5.93. The summed E-state index contributed by atoms with van der Waals surface area (Å²) in [6.45, 7) is 2.99. The maximum Gasteiger partial charge on any atom is 0.0931 e. The predicted molar refractivity (Wildman–Crippen MR) is 58.5 cm³/mol. The Hall–Kier alpha value is -0.0500. The zero-order valence-corrected chi connectivity index (χ0v) is 9.29. The third-order valence-electron chi connectivity index (χ3n) is 3.04. The van der Waals surface area contributed by atoms with Gasteiger partial charge < -0.3 is 5.73 Å². The molecule has 1 atom stereocenters. The number of halogens is 1. The van der Waals surface area contributed by atoms with Gasteiger partial charge in [0.1, 0.15) is 0 Å². The first-order valence-electron chi connectivity index (χ1n) is 4.62. The number of nitrogens with two attached hydrogens (primary N) is 1. The molecule has 1 aliphatic carbocycles. The van der Waals surface area contributed by atoms with Gasteiger partial charge in [-0.25, -0.2) is 0 Å². The summed E-state index contributed by atoms with van der Waals surface area (Å²) in [6.07, 6.45) is 2.65. The molecule has 1 fully saturated rings. The second-order valence-electron chi connectivity index (χ2n) is 4.00. The van der Waals surface area contributed by atoms with Crippen LogP contribution in [0.2, 0.25) is 4.34 Å². The monoisotopic (exact) mass is 215 g/mol. The lowest BCUT2D eigenvalue weighted by Gasteiger charge is -2.26. The van der Waals surface area contributed by atoms with Crippen LogP contribution in [-0.2, 0) is 5.41 Å². The first-order chi connectivity index (χ1) is 6.16. The predicted octanol–water partition coefficient (Wildman–Crippen LogP) is 3.03. The number of hydrogen-bond donors (Lipinski definition) is 1. The maximum absolute atomic E-state index is 5.93. The van der Waals surface area contributed by atoms with E-state index in [9.17, 15) is 0 Å². The van der Waals surface area contributed by atoms with Crippen molar-refractivity contribution in [1.82, 2.24) is 0 Å². The average Bonchev–Trinajstić information content (AvgIpc) is 2.89. The molecule has 0 amide bonds. The zero-order valence-electron chi connectivity index (χ0n) is 7.72. The van der Waals surface area contributed by atoms with Crippen molar-refractivity contribution < 1.29 is 0 Å². The normalized spacial score (nSPS) is 21.5. The molecule has 1 saturated carbocycles. The molecule has 2 N–H and O–H groups in total. The average molecular weight is 216 g/mol. The highest BCUT2D eigenvalue weighted by Crippen LogP contribution is 2.48. The van der Waals surface area contributed by atoms with Gasteiger partial charge in [-0.1, -0.05) is 18.5 Å². The van der Waals surface area contributed by atoms with Crippen molar-refractivity contribution in [3.05, 3.63) is 21.3 Å². The number of rotatable bonds is 3. The van der Waals surface area contributed by atoms with Crippen LogP contribution in [0.25, 0.3) is 0 Å². The van der Waals surface area contributed by atoms with Crippen LogP contribution in [0.3, 0.4) is 0 Å². The number of thiophene rings is 1. The highest BCUT2D eigenvalue weighted by Gasteiger charge is 2.42.